The van der Waals surface area contributed by atoms with E-state index in [9.17, 15) is 0 Å². The van der Waals surface area contributed by atoms with Gasteiger partial charge in [0.05, 0.1) is 5.56 Å². The summed E-state index contributed by atoms with van der Waals surface area (Å²) in [5.41, 5.74) is 7.89. The Kier molecular flexibility index (Phi) is 4.17. The molecular weight excluding hydrogens is 242 g/mol. The van der Waals surface area contributed by atoms with Gasteiger partial charge in [0.1, 0.15) is 10.8 Å². The second-order valence-corrected chi connectivity index (χ2v) is 5.53. The first-order valence-electron chi connectivity index (χ1n) is 6.59. The SMILES string of the molecule is Cc1ccnc(N(C)C2CCCCC2)c1C(N)=S. The maximum Gasteiger partial charge on any atom is 0.139 e. The summed E-state index contributed by atoms with van der Waals surface area (Å²) in [6.45, 7) is 2.04. The highest BCUT2D eigenvalue weighted by molar-refractivity contribution is 7.80. The van der Waals surface area contributed by atoms with E-state index in [-0.39, 0.29) is 0 Å². The van der Waals surface area contributed by atoms with Gasteiger partial charge >= 0.3 is 0 Å². The van der Waals surface area contributed by atoms with Gasteiger partial charge in [-0.15, -0.1) is 0 Å². The van der Waals surface area contributed by atoms with Gasteiger partial charge in [-0.1, -0.05) is 31.5 Å². The molecule has 18 heavy (non-hydrogen) atoms. The number of pyridine rings is 1. The Morgan fingerprint density at radius 2 is 2.06 bits per heavy atom. The maximum absolute atomic E-state index is 5.85. The van der Waals surface area contributed by atoms with Crippen LogP contribution < -0.4 is 10.6 Å². The van der Waals surface area contributed by atoms with Crippen molar-refractivity contribution in [3.63, 3.8) is 0 Å². The van der Waals surface area contributed by atoms with Crippen molar-refractivity contribution < 1.29 is 0 Å². The number of rotatable bonds is 3. The number of anilines is 1. The molecule has 3 nitrogen and oxygen atoms in total. The molecule has 0 aliphatic heterocycles. The highest BCUT2D eigenvalue weighted by Gasteiger charge is 2.22. The first kappa shape index (κ1) is 13.3. The summed E-state index contributed by atoms with van der Waals surface area (Å²) in [4.78, 5) is 7.20. The van der Waals surface area contributed by atoms with Crippen molar-refractivity contribution in [2.75, 3.05) is 11.9 Å². The molecule has 1 aromatic heterocycles. The van der Waals surface area contributed by atoms with E-state index < -0.39 is 0 Å². The Morgan fingerprint density at radius 1 is 1.39 bits per heavy atom. The number of nitrogens with two attached hydrogens (primary N) is 1. The van der Waals surface area contributed by atoms with Crippen LogP contribution in [0.5, 0.6) is 0 Å². The molecule has 4 heteroatoms. The zero-order chi connectivity index (χ0) is 13.1. The maximum atomic E-state index is 5.85. The zero-order valence-corrected chi connectivity index (χ0v) is 12.0. The van der Waals surface area contributed by atoms with Gasteiger partial charge in [0.25, 0.3) is 0 Å². The molecule has 0 atom stereocenters. The normalized spacial score (nSPS) is 16.6. The topological polar surface area (TPSA) is 42.2 Å². The molecule has 0 radical (unpaired) electrons. The van der Waals surface area contributed by atoms with Gasteiger partial charge in [0.15, 0.2) is 0 Å². The lowest BCUT2D eigenvalue weighted by molar-refractivity contribution is 0.426. The van der Waals surface area contributed by atoms with E-state index in [4.69, 9.17) is 18.0 Å². The third-order valence-corrected chi connectivity index (χ3v) is 4.05. The van der Waals surface area contributed by atoms with Crippen molar-refractivity contribution in [1.82, 2.24) is 4.98 Å². The molecule has 0 amide bonds. The summed E-state index contributed by atoms with van der Waals surface area (Å²) in [6.07, 6.45) is 8.29. The summed E-state index contributed by atoms with van der Waals surface area (Å²) >= 11 is 5.17. The largest absolute Gasteiger partial charge is 0.389 e. The van der Waals surface area contributed by atoms with Gasteiger partial charge in [-0.25, -0.2) is 4.98 Å². The van der Waals surface area contributed by atoms with Crippen LogP contribution in [0.2, 0.25) is 0 Å². The van der Waals surface area contributed by atoms with Crippen LogP contribution in [-0.2, 0) is 0 Å². The molecule has 1 heterocycles. The fraction of sp³-hybridized carbons (Fsp3) is 0.571. The molecule has 1 aliphatic carbocycles. The van der Waals surface area contributed by atoms with Crippen LogP contribution in [0.3, 0.4) is 0 Å². The molecule has 0 bridgehead atoms. The molecule has 2 rings (SSSR count). The summed E-state index contributed by atoms with van der Waals surface area (Å²) in [5.74, 6) is 0.939. The number of nitrogens with zero attached hydrogens (tertiary/aromatic N) is 2. The minimum Gasteiger partial charge on any atom is -0.389 e. The first-order chi connectivity index (χ1) is 8.61. The predicted octanol–water partition coefficient (Wildman–Crippen LogP) is 2.79. The van der Waals surface area contributed by atoms with Crippen LogP contribution in [0, 0.1) is 6.92 Å². The first-order valence-corrected chi connectivity index (χ1v) is 7.00. The van der Waals surface area contributed by atoms with Crippen molar-refractivity contribution in [2.24, 2.45) is 5.73 Å². The molecule has 1 saturated carbocycles. The summed E-state index contributed by atoms with van der Waals surface area (Å²) in [5, 5.41) is 0. The van der Waals surface area contributed by atoms with Gasteiger partial charge in [-0.3, -0.25) is 0 Å². The Morgan fingerprint density at radius 3 is 2.67 bits per heavy atom. The Balaban J connectivity index is 2.31. The third-order valence-electron chi connectivity index (χ3n) is 3.84. The van der Waals surface area contributed by atoms with Crippen LogP contribution in [0.1, 0.15) is 43.2 Å². The van der Waals surface area contributed by atoms with E-state index in [1.165, 1.54) is 32.1 Å². The monoisotopic (exact) mass is 263 g/mol. The van der Waals surface area contributed by atoms with Gasteiger partial charge in [0, 0.05) is 19.3 Å². The molecule has 1 fully saturated rings. The standard InChI is InChI=1S/C14H21N3S/c1-10-8-9-16-14(12(10)13(15)18)17(2)11-6-4-3-5-7-11/h8-9,11H,3-7H2,1-2H3,(H2,15,18). The molecule has 1 aliphatic rings. The lowest BCUT2D eigenvalue weighted by Gasteiger charge is -2.33. The second-order valence-electron chi connectivity index (χ2n) is 5.09. The summed E-state index contributed by atoms with van der Waals surface area (Å²) in [7, 11) is 2.11. The van der Waals surface area contributed by atoms with Crippen LogP contribution >= 0.6 is 12.2 Å². The van der Waals surface area contributed by atoms with Gasteiger partial charge in [0.2, 0.25) is 0 Å². The molecular formula is C14H21N3S. The van der Waals surface area contributed by atoms with Gasteiger partial charge < -0.3 is 10.6 Å². The molecule has 98 valence electrons. The minimum absolute atomic E-state index is 0.443. The quantitative estimate of drug-likeness (QED) is 0.852. The minimum atomic E-state index is 0.443. The van der Waals surface area contributed by atoms with Gasteiger partial charge in [-0.2, -0.15) is 0 Å². The van der Waals surface area contributed by atoms with E-state index >= 15 is 0 Å². The molecule has 0 spiro atoms. The number of thiocarbonyl (C=S) groups is 1. The van der Waals surface area contributed by atoms with E-state index in [0.29, 0.717) is 11.0 Å². The summed E-state index contributed by atoms with van der Waals surface area (Å²) in [6, 6.07) is 2.54. The molecule has 0 aromatic carbocycles. The van der Waals surface area contributed by atoms with Crippen LogP contribution in [-0.4, -0.2) is 23.1 Å². The predicted molar refractivity (Wildman–Crippen MR) is 80.1 cm³/mol. The fourth-order valence-corrected chi connectivity index (χ4v) is 3.01. The van der Waals surface area contributed by atoms with Crippen LogP contribution in [0.15, 0.2) is 12.3 Å². The van der Waals surface area contributed by atoms with Crippen molar-refractivity contribution >= 4 is 23.0 Å². The number of hydrogen-bond donors (Lipinski definition) is 1. The van der Waals surface area contributed by atoms with Crippen molar-refractivity contribution in [2.45, 2.75) is 45.1 Å². The highest BCUT2D eigenvalue weighted by Crippen LogP contribution is 2.28. The number of aromatic nitrogens is 1. The van der Waals surface area contributed by atoms with Crippen molar-refractivity contribution in [3.05, 3.63) is 23.4 Å². The van der Waals surface area contributed by atoms with Crippen LogP contribution in [0.25, 0.3) is 0 Å². The fourth-order valence-electron chi connectivity index (χ4n) is 2.76. The van der Waals surface area contributed by atoms with Crippen molar-refractivity contribution in [3.8, 4) is 0 Å². The smallest absolute Gasteiger partial charge is 0.139 e. The third kappa shape index (κ3) is 2.64. The lowest BCUT2D eigenvalue weighted by atomic mass is 9.94. The molecule has 0 unspecified atom stereocenters. The molecule has 2 N–H and O–H groups in total. The highest BCUT2D eigenvalue weighted by atomic mass is 32.1. The Hall–Kier alpha value is -1.16. The number of hydrogen-bond acceptors (Lipinski definition) is 3. The molecule has 1 aromatic rings. The van der Waals surface area contributed by atoms with E-state index in [0.717, 1.165) is 16.9 Å². The van der Waals surface area contributed by atoms with Gasteiger partial charge in [-0.05, 0) is 31.4 Å². The second kappa shape index (κ2) is 5.65. The Bertz CT molecular complexity index is 439. The van der Waals surface area contributed by atoms with E-state index in [1.807, 2.05) is 19.2 Å². The van der Waals surface area contributed by atoms with E-state index in [1.54, 1.807) is 0 Å². The zero-order valence-electron chi connectivity index (χ0n) is 11.1. The van der Waals surface area contributed by atoms with E-state index in [2.05, 4.69) is 16.9 Å². The molecule has 0 saturated heterocycles. The van der Waals surface area contributed by atoms with Crippen molar-refractivity contribution in [1.29, 1.82) is 0 Å². The average molecular weight is 263 g/mol. The average Bonchev–Trinajstić information content (AvgIpc) is 2.38. The lowest BCUT2D eigenvalue weighted by Crippen LogP contribution is -2.35. The van der Waals surface area contributed by atoms with Crippen LogP contribution in [0.4, 0.5) is 5.82 Å². The summed E-state index contributed by atoms with van der Waals surface area (Å²) < 4.78 is 0. The number of aryl methyl sites for hydroxylation is 1. The Labute approximate surface area is 114 Å².